The van der Waals surface area contributed by atoms with Crippen LogP contribution in [-0.2, 0) is 79.0 Å². The smallest absolute Gasteiger partial charge is 0.405 e. The number of hydrogen-bond acceptors (Lipinski definition) is 27. The largest absolute Gasteiger partial charge is 0.496 e. The highest BCUT2D eigenvalue weighted by Crippen LogP contribution is 2.44. The minimum Gasteiger partial charge on any atom is -0.405 e. The van der Waals surface area contributed by atoms with Crippen molar-refractivity contribution >= 4 is 118 Å². The lowest BCUT2D eigenvalue weighted by Crippen LogP contribution is -2.41. The summed E-state index contributed by atoms with van der Waals surface area (Å²) < 4.78 is 72.0. The average Bonchev–Trinajstić information content (AvgIpc) is 1.59. The van der Waals surface area contributed by atoms with Gasteiger partial charge in [0.05, 0.1) is 182 Å². The van der Waals surface area contributed by atoms with Crippen molar-refractivity contribution in [1.82, 2.24) is 64.8 Å². The Morgan fingerprint density at radius 1 is 0.354 bits per heavy atom. The third-order valence-corrected chi connectivity index (χ3v) is 25.2. The standard InChI is InChI=1S/C16H15ClN4O.C16H15FN4O.C16H16N4O.C14H18BNO2.C12H24B2O4.C8H6BrN.C8H10ClN3O.3CH4/c2*17-13-1-2-14-12(13)7-11(8-19-14)15-9-18-10-16(20-15)21-3-5-22-6-4-21;1-2-12-8-13(9-18-14(12)3-1)15-10-17-11-16(19-15)20-4-6-21-7-5-20;1-13(2)14(3,4)18-15(17-13)11-8-10-6-5-7-12(10)16-9-11;1-9(2)10(3,4)16-13(15-9)14-17-11(5,6)12(7,8)18-14;9-7-4-6-2-1-3-8(6)10-5-7;9-7-5-10-6-8(11-7)12-1-3-13-4-2-12;;;/h2*1,7-10H,2-6H2;1-2,8-11H,3-7H2;5-6,8-9H,7H2,1-4H3;1-8H3;1-2,4-5H,3H2;5-6H,1-4H2;3*1H4. The lowest BCUT2D eigenvalue weighted by atomic mass is 9.49. The molecule has 670 valence electrons. The number of aromatic nitrogens is 13. The van der Waals surface area contributed by atoms with Crippen molar-refractivity contribution in [1.29, 1.82) is 0 Å². The summed E-state index contributed by atoms with van der Waals surface area (Å²) in [5, 5.41) is 1.20. The van der Waals surface area contributed by atoms with E-state index in [1.54, 1.807) is 55.5 Å². The summed E-state index contributed by atoms with van der Waals surface area (Å²) in [6, 6.07) is 10.2. The topological polar surface area (TPSA) is 273 Å². The highest BCUT2D eigenvalue weighted by Gasteiger charge is 2.64. The van der Waals surface area contributed by atoms with Gasteiger partial charge in [0.15, 0.2) is 0 Å². The molecule has 0 spiro atoms. The van der Waals surface area contributed by atoms with E-state index < -0.39 is 14.0 Å². The summed E-state index contributed by atoms with van der Waals surface area (Å²) in [5.41, 5.74) is 14.5. The number of morpholine rings is 4. The van der Waals surface area contributed by atoms with Crippen LogP contribution in [0.15, 0.2) is 146 Å². The highest BCUT2D eigenvalue weighted by molar-refractivity contribution is 9.10. The molecule has 9 aromatic rings. The third-order valence-electron chi connectivity index (χ3n) is 24.2. The van der Waals surface area contributed by atoms with Crippen LogP contribution in [0.25, 0.3) is 62.9 Å². The molecule has 0 saturated carbocycles. The van der Waals surface area contributed by atoms with Gasteiger partial charge in [-0.2, -0.15) is 0 Å². The highest BCUT2D eigenvalue weighted by atomic mass is 79.9. The van der Waals surface area contributed by atoms with Gasteiger partial charge in [-0.25, -0.2) is 24.3 Å². The first-order chi connectivity index (χ1) is 59.5. The Labute approximate surface area is 766 Å². The molecule has 34 heteroatoms. The van der Waals surface area contributed by atoms with Crippen LogP contribution < -0.4 is 25.1 Å². The van der Waals surface area contributed by atoms with Gasteiger partial charge in [-0.15, -0.1) is 0 Å². The summed E-state index contributed by atoms with van der Waals surface area (Å²) >= 11 is 15.3. The van der Waals surface area contributed by atoms with Crippen molar-refractivity contribution < 1.29 is 51.3 Å². The Balaban J connectivity index is 0.000000136. The van der Waals surface area contributed by atoms with Crippen LogP contribution in [0, 0.1) is 0 Å². The Bertz CT molecular complexity index is 5250. The van der Waals surface area contributed by atoms with Crippen LogP contribution in [0.2, 0.25) is 5.15 Å². The number of allylic oxidation sites excluding steroid dienone is 5. The SMILES string of the molecule is Brc1cnc2c(c1)C=CC2.C.C.C.C1=Cc2cc(-c3cncc(N4CCOCC4)n3)cnc2C1.CC1(C)OB(B2OC(C)(C)C(C)(C)O2)OC1(C)C.CC1(C)OB(c2cnc3c(c2)C=CC3)OC1(C)C.ClC1=CCc2ncc(-c3cncc(N4CCOCC4)n3)cc21.Clc1cncc(N2CCOCC2)n1.FC1=CCc2ncc(-c3cncc(N4CCOCC4)n3)cc21. The predicted molar refractivity (Wildman–Crippen MR) is 508 cm³/mol. The van der Waals surface area contributed by atoms with Gasteiger partial charge in [0.1, 0.15) is 34.3 Å². The van der Waals surface area contributed by atoms with E-state index in [0.717, 1.165) is 212 Å². The maximum absolute atomic E-state index is 13.7. The number of halogens is 4. The Morgan fingerprint density at radius 2 is 0.685 bits per heavy atom. The Hall–Kier alpha value is -9.25. The molecule has 0 amide bonds. The van der Waals surface area contributed by atoms with Crippen molar-refractivity contribution in [3.8, 4) is 33.8 Å². The zero-order chi connectivity index (χ0) is 87.0. The second-order valence-electron chi connectivity index (χ2n) is 34.2. The van der Waals surface area contributed by atoms with Crippen LogP contribution in [0.1, 0.15) is 162 Å². The number of hydrogen-bond donors (Lipinski definition) is 0. The van der Waals surface area contributed by atoms with Gasteiger partial charge in [0.2, 0.25) is 0 Å². The van der Waals surface area contributed by atoms with Gasteiger partial charge in [0, 0.05) is 158 Å². The van der Waals surface area contributed by atoms with Crippen LogP contribution in [-0.4, -0.2) is 225 Å². The molecule has 0 radical (unpaired) electrons. The van der Waals surface area contributed by atoms with Crippen LogP contribution in [0.4, 0.5) is 27.7 Å². The molecule has 7 saturated heterocycles. The number of ether oxygens (including phenoxy) is 4. The minimum atomic E-state index is -0.476. The molecule has 9 aromatic heterocycles. The third kappa shape index (κ3) is 23.3. The van der Waals surface area contributed by atoms with E-state index in [1.165, 1.54) is 28.6 Å². The summed E-state index contributed by atoms with van der Waals surface area (Å²) in [4.78, 5) is 65.9. The summed E-state index contributed by atoms with van der Waals surface area (Å²) in [6.45, 7) is 37.0. The molecule has 0 N–H and O–H groups in total. The molecule has 21 rings (SSSR count). The first kappa shape index (κ1) is 96.8. The molecular formula is C93H116B3BrCl2FN17O10. The second-order valence-corrected chi connectivity index (χ2v) is 36.0. The summed E-state index contributed by atoms with van der Waals surface area (Å²) in [7, 11) is -1.27. The number of anilines is 4. The van der Waals surface area contributed by atoms with E-state index >= 15 is 0 Å². The van der Waals surface area contributed by atoms with Crippen molar-refractivity contribution in [3.05, 3.63) is 207 Å². The molecule has 127 heavy (non-hydrogen) atoms. The molecule has 0 unspecified atom stereocenters. The van der Waals surface area contributed by atoms with Gasteiger partial charge < -0.3 is 66.5 Å². The van der Waals surface area contributed by atoms with E-state index in [9.17, 15) is 4.39 Å². The summed E-state index contributed by atoms with van der Waals surface area (Å²) in [6.07, 6.45) is 43.5. The normalized spacial score (nSPS) is 19.5. The fourth-order valence-electron chi connectivity index (χ4n) is 14.8. The predicted octanol–water partition coefficient (Wildman–Crippen LogP) is 16.2. The fourth-order valence-corrected chi connectivity index (χ4v) is 15.5. The van der Waals surface area contributed by atoms with Crippen LogP contribution in [0.5, 0.6) is 0 Å². The molecular weight excluding hydrogens is 1720 g/mol. The van der Waals surface area contributed by atoms with E-state index in [4.69, 9.17) is 80.0 Å². The lowest BCUT2D eigenvalue weighted by Gasteiger charge is -2.32. The molecule has 0 bridgehead atoms. The van der Waals surface area contributed by atoms with Gasteiger partial charge >= 0.3 is 21.1 Å². The molecule has 7 aliphatic heterocycles. The number of rotatable bonds is 9. The Kier molecular flexibility index (Phi) is 32.1. The van der Waals surface area contributed by atoms with Crippen LogP contribution >= 0.6 is 39.1 Å². The Morgan fingerprint density at radius 3 is 1.10 bits per heavy atom. The first-order valence-corrected chi connectivity index (χ1v) is 43.7. The van der Waals surface area contributed by atoms with Gasteiger partial charge in [-0.05, 0) is 146 Å². The molecule has 0 aromatic carbocycles. The van der Waals surface area contributed by atoms with Crippen molar-refractivity contribution in [3.63, 3.8) is 0 Å². The molecule has 5 aliphatic carbocycles. The van der Waals surface area contributed by atoms with Crippen molar-refractivity contribution in [2.75, 3.05) is 125 Å². The van der Waals surface area contributed by atoms with Gasteiger partial charge in [-0.3, -0.25) is 44.9 Å². The zero-order valence-electron chi connectivity index (χ0n) is 72.3. The molecule has 12 aliphatic rings. The fraction of sp³-hybridized carbons (Fsp3) is 0.452. The molecule has 7 fully saturated rings. The molecule has 0 atom stereocenters. The average molecular weight is 1830 g/mol. The van der Waals surface area contributed by atoms with Crippen molar-refractivity contribution in [2.24, 2.45) is 0 Å². The van der Waals surface area contributed by atoms with E-state index in [1.807, 2.05) is 98.5 Å². The van der Waals surface area contributed by atoms with E-state index in [-0.39, 0.29) is 68.8 Å². The maximum atomic E-state index is 13.7. The monoisotopic (exact) mass is 1830 g/mol. The van der Waals surface area contributed by atoms with Gasteiger partial charge in [0.25, 0.3) is 0 Å². The second kappa shape index (κ2) is 42.1. The van der Waals surface area contributed by atoms with Crippen LogP contribution in [0.3, 0.4) is 0 Å². The lowest BCUT2D eigenvalue weighted by molar-refractivity contribution is 0.00578. The van der Waals surface area contributed by atoms with Gasteiger partial charge in [-0.1, -0.05) is 94.1 Å². The first-order valence-electron chi connectivity index (χ1n) is 42.2. The number of fused-ring (bicyclic) bond motifs is 5. The quantitative estimate of drug-likeness (QED) is 0.121. The van der Waals surface area contributed by atoms with Crippen molar-refractivity contribution in [2.45, 2.75) is 171 Å². The zero-order valence-corrected chi connectivity index (χ0v) is 75.4. The summed E-state index contributed by atoms with van der Waals surface area (Å²) in [5.74, 6) is 3.23. The molecule has 16 heterocycles. The number of pyridine rings is 5. The number of nitrogens with zero attached hydrogens (tertiary/aromatic N) is 17. The van der Waals surface area contributed by atoms with E-state index in [2.05, 4.69) is 173 Å². The molecule has 27 nitrogen and oxygen atoms in total. The van der Waals surface area contributed by atoms with E-state index in [0.29, 0.717) is 36.0 Å². The minimum absolute atomic E-state index is 0. The maximum Gasteiger partial charge on any atom is 0.496 e.